The highest BCUT2D eigenvalue weighted by Crippen LogP contribution is 2.25. The Morgan fingerprint density at radius 1 is 1.21 bits per heavy atom. The zero-order valence-electron chi connectivity index (χ0n) is 11.9. The molecular formula is C16H23NO2. The van der Waals surface area contributed by atoms with Crippen molar-refractivity contribution in [3.8, 4) is 5.75 Å². The monoisotopic (exact) mass is 261 g/mol. The Morgan fingerprint density at radius 2 is 1.84 bits per heavy atom. The summed E-state index contributed by atoms with van der Waals surface area (Å²) in [5, 5.41) is 0. The number of ketones is 1. The number of hydrogen-bond donors (Lipinski definition) is 0. The SMILES string of the molecule is CCOc1ccc(N(C)CC2CCC(=O)CC2)cc1. The van der Waals surface area contributed by atoms with Gasteiger partial charge in [-0.1, -0.05) is 0 Å². The van der Waals surface area contributed by atoms with E-state index >= 15 is 0 Å². The van der Waals surface area contributed by atoms with E-state index in [9.17, 15) is 4.79 Å². The van der Waals surface area contributed by atoms with Crippen LogP contribution in [0, 0.1) is 5.92 Å². The zero-order chi connectivity index (χ0) is 13.7. The highest BCUT2D eigenvalue weighted by atomic mass is 16.5. The average molecular weight is 261 g/mol. The van der Waals surface area contributed by atoms with E-state index in [1.54, 1.807) is 0 Å². The van der Waals surface area contributed by atoms with E-state index < -0.39 is 0 Å². The molecule has 0 aromatic heterocycles. The molecule has 1 fully saturated rings. The van der Waals surface area contributed by atoms with E-state index in [4.69, 9.17) is 4.74 Å². The van der Waals surface area contributed by atoms with Gasteiger partial charge in [-0.15, -0.1) is 0 Å². The molecule has 1 aliphatic rings. The summed E-state index contributed by atoms with van der Waals surface area (Å²) in [5.41, 5.74) is 1.21. The molecule has 0 bridgehead atoms. The first-order valence-corrected chi connectivity index (χ1v) is 7.14. The fraction of sp³-hybridized carbons (Fsp3) is 0.562. The van der Waals surface area contributed by atoms with Gasteiger partial charge in [-0.2, -0.15) is 0 Å². The maximum atomic E-state index is 11.2. The number of carbonyl (C=O) groups is 1. The summed E-state index contributed by atoms with van der Waals surface area (Å²) in [7, 11) is 2.12. The minimum absolute atomic E-state index is 0.431. The topological polar surface area (TPSA) is 29.5 Å². The number of carbonyl (C=O) groups excluding carboxylic acids is 1. The molecule has 0 saturated heterocycles. The second-order valence-corrected chi connectivity index (χ2v) is 5.29. The van der Waals surface area contributed by atoms with Crippen LogP contribution in [0.1, 0.15) is 32.6 Å². The quantitative estimate of drug-likeness (QED) is 0.814. The van der Waals surface area contributed by atoms with E-state index in [2.05, 4.69) is 24.1 Å². The molecule has 0 atom stereocenters. The predicted molar refractivity (Wildman–Crippen MR) is 77.8 cm³/mol. The molecule has 1 aromatic carbocycles. The van der Waals surface area contributed by atoms with Crippen LogP contribution in [0.4, 0.5) is 5.69 Å². The molecule has 0 aliphatic heterocycles. The van der Waals surface area contributed by atoms with Crippen molar-refractivity contribution in [1.29, 1.82) is 0 Å². The normalized spacial score (nSPS) is 16.4. The van der Waals surface area contributed by atoms with Gasteiger partial charge in [0.15, 0.2) is 0 Å². The van der Waals surface area contributed by atoms with Gasteiger partial charge in [-0.3, -0.25) is 4.79 Å². The van der Waals surface area contributed by atoms with E-state index in [0.717, 1.165) is 38.0 Å². The first kappa shape index (κ1) is 13.9. The molecular weight excluding hydrogens is 238 g/mol. The second-order valence-electron chi connectivity index (χ2n) is 5.29. The third-order valence-electron chi connectivity index (χ3n) is 3.78. The number of anilines is 1. The van der Waals surface area contributed by atoms with Crippen molar-refractivity contribution in [3.05, 3.63) is 24.3 Å². The molecule has 3 nitrogen and oxygen atoms in total. The van der Waals surface area contributed by atoms with Crippen LogP contribution < -0.4 is 9.64 Å². The summed E-state index contributed by atoms with van der Waals surface area (Å²) in [6.07, 6.45) is 3.62. The van der Waals surface area contributed by atoms with Crippen molar-refractivity contribution in [2.75, 3.05) is 25.1 Å². The number of rotatable bonds is 5. The molecule has 2 rings (SSSR count). The minimum atomic E-state index is 0.431. The van der Waals surface area contributed by atoms with Crippen LogP contribution in [-0.4, -0.2) is 26.0 Å². The smallest absolute Gasteiger partial charge is 0.132 e. The van der Waals surface area contributed by atoms with Gasteiger partial charge >= 0.3 is 0 Å². The number of nitrogens with zero attached hydrogens (tertiary/aromatic N) is 1. The van der Waals surface area contributed by atoms with Crippen LogP contribution in [0.2, 0.25) is 0 Å². The van der Waals surface area contributed by atoms with Crippen molar-refractivity contribution < 1.29 is 9.53 Å². The third kappa shape index (κ3) is 3.98. The number of benzene rings is 1. The molecule has 0 heterocycles. The fourth-order valence-corrected chi connectivity index (χ4v) is 2.64. The Balaban J connectivity index is 1.88. The van der Waals surface area contributed by atoms with Crippen LogP contribution in [-0.2, 0) is 4.79 Å². The Hall–Kier alpha value is -1.51. The predicted octanol–water partition coefficient (Wildman–Crippen LogP) is 3.28. The Morgan fingerprint density at radius 3 is 2.42 bits per heavy atom. The average Bonchev–Trinajstić information content (AvgIpc) is 2.42. The summed E-state index contributed by atoms with van der Waals surface area (Å²) in [6, 6.07) is 8.22. The van der Waals surface area contributed by atoms with Gasteiger partial charge in [0.1, 0.15) is 11.5 Å². The van der Waals surface area contributed by atoms with Gasteiger partial charge in [0.25, 0.3) is 0 Å². The summed E-state index contributed by atoms with van der Waals surface area (Å²) < 4.78 is 5.45. The molecule has 0 unspecified atom stereocenters. The van der Waals surface area contributed by atoms with Crippen molar-refractivity contribution in [3.63, 3.8) is 0 Å². The third-order valence-corrected chi connectivity index (χ3v) is 3.78. The van der Waals surface area contributed by atoms with E-state index in [-0.39, 0.29) is 0 Å². The van der Waals surface area contributed by atoms with Gasteiger partial charge < -0.3 is 9.64 Å². The first-order chi connectivity index (χ1) is 9.19. The van der Waals surface area contributed by atoms with Gasteiger partial charge in [0.2, 0.25) is 0 Å². The molecule has 1 aromatic rings. The Labute approximate surface area is 115 Å². The maximum Gasteiger partial charge on any atom is 0.132 e. The number of Topliss-reactive ketones (excluding diaryl/α,β-unsaturated/α-hetero) is 1. The number of hydrogen-bond acceptors (Lipinski definition) is 3. The van der Waals surface area contributed by atoms with Crippen molar-refractivity contribution >= 4 is 11.5 Å². The Kier molecular flexibility index (Phi) is 4.83. The molecule has 0 N–H and O–H groups in total. The summed E-state index contributed by atoms with van der Waals surface area (Å²) in [4.78, 5) is 13.5. The van der Waals surface area contributed by atoms with Crippen molar-refractivity contribution in [2.45, 2.75) is 32.6 Å². The molecule has 0 amide bonds. The van der Waals surface area contributed by atoms with Gasteiger partial charge in [-0.05, 0) is 49.9 Å². The first-order valence-electron chi connectivity index (χ1n) is 7.14. The van der Waals surface area contributed by atoms with E-state index in [0.29, 0.717) is 18.3 Å². The lowest BCUT2D eigenvalue weighted by Gasteiger charge is -2.28. The molecule has 104 valence electrons. The molecule has 1 saturated carbocycles. The van der Waals surface area contributed by atoms with Crippen LogP contribution >= 0.6 is 0 Å². The molecule has 0 spiro atoms. The van der Waals surface area contributed by atoms with E-state index in [1.165, 1.54) is 5.69 Å². The van der Waals surface area contributed by atoms with Crippen molar-refractivity contribution in [2.24, 2.45) is 5.92 Å². The second kappa shape index (κ2) is 6.60. The Bertz CT molecular complexity index is 403. The lowest BCUT2D eigenvalue weighted by molar-refractivity contribution is -0.120. The van der Waals surface area contributed by atoms with Gasteiger partial charge in [-0.25, -0.2) is 0 Å². The molecule has 1 aliphatic carbocycles. The number of ether oxygens (including phenoxy) is 1. The van der Waals surface area contributed by atoms with Crippen molar-refractivity contribution in [1.82, 2.24) is 0 Å². The largest absolute Gasteiger partial charge is 0.494 e. The summed E-state index contributed by atoms with van der Waals surface area (Å²) >= 11 is 0. The highest BCUT2D eigenvalue weighted by molar-refractivity contribution is 5.79. The highest BCUT2D eigenvalue weighted by Gasteiger charge is 2.20. The van der Waals surface area contributed by atoms with Gasteiger partial charge in [0, 0.05) is 32.1 Å². The van der Waals surface area contributed by atoms with Crippen LogP contribution in [0.15, 0.2) is 24.3 Å². The molecule has 3 heteroatoms. The van der Waals surface area contributed by atoms with E-state index in [1.807, 2.05) is 19.1 Å². The lowest BCUT2D eigenvalue weighted by Crippen LogP contribution is -2.28. The minimum Gasteiger partial charge on any atom is -0.494 e. The van der Waals surface area contributed by atoms with Crippen LogP contribution in [0.5, 0.6) is 5.75 Å². The summed E-state index contributed by atoms with van der Waals surface area (Å²) in [6.45, 7) is 3.72. The van der Waals surface area contributed by atoms with Gasteiger partial charge in [0.05, 0.1) is 6.61 Å². The standard InChI is InChI=1S/C16H23NO2/c1-3-19-16-10-6-14(7-11-16)17(2)12-13-4-8-15(18)9-5-13/h6-7,10-11,13H,3-5,8-9,12H2,1-2H3. The zero-order valence-corrected chi connectivity index (χ0v) is 11.9. The lowest BCUT2D eigenvalue weighted by atomic mass is 9.88. The molecule has 0 radical (unpaired) electrons. The van der Waals surface area contributed by atoms with Crippen LogP contribution in [0.25, 0.3) is 0 Å². The molecule has 19 heavy (non-hydrogen) atoms. The maximum absolute atomic E-state index is 11.2. The summed E-state index contributed by atoms with van der Waals surface area (Å²) in [5.74, 6) is 2.00. The van der Waals surface area contributed by atoms with Crippen LogP contribution in [0.3, 0.4) is 0 Å². The fourth-order valence-electron chi connectivity index (χ4n) is 2.64.